The van der Waals surface area contributed by atoms with Gasteiger partial charge in [-0.25, -0.2) is 14.4 Å². The number of rotatable bonds is 4. The number of anilines is 1. The zero-order valence-electron chi connectivity index (χ0n) is 10.3. The summed E-state index contributed by atoms with van der Waals surface area (Å²) in [6, 6.07) is 5.99. The summed E-state index contributed by atoms with van der Waals surface area (Å²) in [6.07, 6.45) is 0.591. The van der Waals surface area contributed by atoms with Crippen LogP contribution in [0.4, 0.5) is 10.2 Å². The zero-order valence-corrected chi connectivity index (χ0v) is 11.0. The second-order valence-electron chi connectivity index (χ2n) is 4.11. The number of hydrogen-bond acceptors (Lipinski definition) is 4. The lowest BCUT2D eigenvalue weighted by Gasteiger charge is -2.13. The molecule has 100 valence electrons. The molecule has 0 aliphatic heterocycles. The molecule has 0 aliphatic carbocycles. The van der Waals surface area contributed by atoms with Gasteiger partial charge >= 0.3 is 0 Å². The summed E-state index contributed by atoms with van der Waals surface area (Å²) in [7, 11) is 0. The maximum absolute atomic E-state index is 13.3. The van der Waals surface area contributed by atoms with Crippen LogP contribution in [0.25, 0.3) is 0 Å². The molecule has 0 spiro atoms. The number of aromatic nitrogens is 2. The minimum atomic E-state index is -0.845. The smallest absolute Gasteiger partial charge is 0.142 e. The summed E-state index contributed by atoms with van der Waals surface area (Å²) in [4.78, 5) is 7.98. The van der Waals surface area contributed by atoms with Gasteiger partial charge in [-0.05, 0) is 24.6 Å². The molecule has 2 aromatic rings. The fourth-order valence-corrected chi connectivity index (χ4v) is 1.71. The van der Waals surface area contributed by atoms with Crippen LogP contribution in [0.1, 0.15) is 17.4 Å². The molecule has 0 fully saturated rings. The van der Waals surface area contributed by atoms with Crippen LogP contribution in [0, 0.1) is 12.7 Å². The van der Waals surface area contributed by atoms with Gasteiger partial charge < -0.3 is 10.4 Å². The van der Waals surface area contributed by atoms with Gasteiger partial charge in [-0.1, -0.05) is 17.7 Å². The summed E-state index contributed by atoms with van der Waals surface area (Å²) in [5.74, 6) is 0.0667. The molecule has 0 amide bonds. The Hall–Kier alpha value is -1.72. The van der Waals surface area contributed by atoms with Gasteiger partial charge in [-0.2, -0.15) is 0 Å². The van der Waals surface area contributed by atoms with Crippen LogP contribution in [0.15, 0.2) is 30.6 Å². The molecule has 2 rings (SSSR count). The molecule has 1 aromatic carbocycles. The Labute approximate surface area is 115 Å². The predicted octanol–water partition coefficient (Wildman–Crippen LogP) is 2.72. The quantitative estimate of drug-likeness (QED) is 0.905. The zero-order chi connectivity index (χ0) is 13.8. The summed E-state index contributed by atoms with van der Waals surface area (Å²) in [6.45, 7) is 2.06. The van der Waals surface area contributed by atoms with E-state index in [2.05, 4.69) is 15.3 Å². The first-order chi connectivity index (χ1) is 9.06. The first kappa shape index (κ1) is 13.7. The summed E-state index contributed by atoms with van der Waals surface area (Å²) in [5, 5.41) is 12.9. The lowest BCUT2D eigenvalue weighted by atomic mass is 10.1. The van der Waals surface area contributed by atoms with Crippen molar-refractivity contribution in [3.8, 4) is 0 Å². The maximum Gasteiger partial charge on any atom is 0.142 e. The van der Waals surface area contributed by atoms with E-state index in [0.29, 0.717) is 11.4 Å². The van der Waals surface area contributed by atoms with Gasteiger partial charge in [0, 0.05) is 18.3 Å². The number of hydrogen-bond donors (Lipinski definition) is 2. The molecule has 0 saturated carbocycles. The monoisotopic (exact) mass is 281 g/mol. The first-order valence-corrected chi connectivity index (χ1v) is 6.09. The molecule has 0 unspecified atom stereocenters. The van der Waals surface area contributed by atoms with Gasteiger partial charge in [0.2, 0.25) is 0 Å². The Morgan fingerprint density at radius 3 is 2.84 bits per heavy atom. The molecule has 1 atom stereocenters. The number of halogens is 2. The van der Waals surface area contributed by atoms with Crippen molar-refractivity contribution in [2.75, 3.05) is 11.9 Å². The second-order valence-corrected chi connectivity index (χ2v) is 4.52. The van der Waals surface area contributed by atoms with Gasteiger partial charge in [0.25, 0.3) is 0 Å². The highest BCUT2D eigenvalue weighted by Gasteiger charge is 2.10. The maximum atomic E-state index is 13.3. The first-order valence-electron chi connectivity index (χ1n) is 5.72. The van der Waals surface area contributed by atoms with Gasteiger partial charge in [0.05, 0.1) is 11.1 Å². The van der Waals surface area contributed by atoms with Gasteiger partial charge in [-0.3, -0.25) is 0 Å². The van der Waals surface area contributed by atoms with Crippen LogP contribution < -0.4 is 5.32 Å². The van der Waals surface area contributed by atoms with Crippen molar-refractivity contribution in [3.63, 3.8) is 0 Å². The third kappa shape index (κ3) is 3.62. The van der Waals surface area contributed by atoms with Crippen molar-refractivity contribution in [3.05, 3.63) is 52.7 Å². The molecule has 2 N–H and O–H groups in total. The highest BCUT2D eigenvalue weighted by molar-refractivity contribution is 6.30. The molecule has 0 aliphatic rings. The number of benzene rings is 1. The van der Waals surface area contributed by atoms with Crippen molar-refractivity contribution in [1.82, 2.24) is 9.97 Å². The Morgan fingerprint density at radius 1 is 1.37 bits per heavy atom. The molecule has 0 radical (unpaired) electrons. The fourth-order valence-electron chi connectivity index (χ4n) is 1.59. The van der Waals surface area contributed by atoms with E-state index in [0.717, 1.165) is 5.69 Å². The molecule has 1 heterocycles. The standard InChI is InChI=1S/C13H13ClFN3O/c1-8-4-13(18-7-17-8)16-6-12(19)9-2-3-10(14)11(15)5-9/h2-5,7,12,19H,6H2,1H3,(H,16,17,18)/t12-/m0/s1. The van der Waals surface area contributed by atoms with E-state index in [-0.39, 0.29) is 11.6 Å². The third-order valence-electron chi connectivity index (χ3n) is 2.61. The Bertz CT molecular complexity index is 580. The fraction of sp³-hybridized carbons (Fsp3) is 0.231. The highest BCUT2D eigenvalue weighted by Crippen LogP contribution is 2.20. The van der Waals surface area contributed by atoms with Crippen LogP contribution in [0.2, 0.25) is 5.02 Å². The van der Waals surface area contributed by atoms with E-state index in [1.165, 1.54) is 18.5 Å². The number of aliphatic hydroxyl groups excluding tert-OH is 1. The van der Waals surface area contributed by atoms with Crippen LogP contribution in [-0.4, -0.2) is 21.6 Å². The van der Waals surface area contributed by atoms with E-state index in [1.54, 1.807) is 12.1 Å². The highest BCUT2D eigenvalue weighted by atomic mass is 35.5. The van der Waals surface area contributed by atoms with Crippen LogP contribution in [-0.2, 0) is 0 Å². The summed E-state index contributed by atoms with van der Waals surface area (Å²) in [5.41, 5.74) is 1.28. The molecular formula is C13H13ClFN3O. The minimum Gasteiger partial charge on any atom is -0.387 e. The van der Waals surface area contributed by atoms with Crippen molar-refractivity contribution < 1.29 is 9.50 Å². The van der Waals surface area contributed by atoms with E-state index in [9.17, 15) is 9.50 Å². The van der Waals surface area contributed by atoms with Gasteiger partial charge in [0.15, 0.2) is 0 Å². The summed E-state index contributed by atoms with van der Waals surface area (Å²) < 4.78 is 13.3. The molecule has 4 nitrogen and oxygen atoms in total. The van der Waals surface area contributed by atoms with E-state index in [4.69, 9.17) is 11.6 Å². The normalized spacial score (nSPS) is 12.2. The number of aryl methyl sites for hydroxylation is 1. The van der Waals surface area contributed by atoms with Crippen molar-refractivity contribution in [2.45, 2.75) is 13.0 Å². The average molecular weight is 282 g/mol. The number of nitrogens with zero attached hydrogens (tertiary/aromatic N) is 2. The molecule has 0 saturated heterocycles. The van der Waals surface area contributed by atoms with Crippen LogP contribution in [0.3, 0.4) is 0 Å². The minimum absolute atomic E-state index is 0.0373. The van der Waals surface area contributed by atoms with Crippen molar-refractivity contribution in [2.24, 2.45) is 0 Å². The van der Waals surface area contributed by atoms with Crippen molar-refractivity contribution in [1.29, 1.82) is 0 Å². The molecule has 0 bridgehead atoms. The third-order valence-corrected chi connectivity index (χ3v) is 2.92. The predicted molar refractivity (Wildman–Crippen MR) is 71.6 cm³/mol. The van der Waals surface area contributed by atoms with Crippen LogP contribution in [0.5, 0.6) is 0 Å². The van der Waals surface area contributed by atoms with Crippen LogP contribution >= 0.6 is 11.6 Å². The average Bonchev–Trinajstić information content (AvgIpc) is 2.39. The second kappa shape index (κ2) is 5.95. The molecule has 6 heteroatoms. The number of nitrogens with one attached hydrogen (secondary N) is 1. The van der Waals surface area contributed by atoms with E-state index < -0.39 is 11.9 Å². The molecule has 19 heavy (non-hydrogen) atoms. The molecular weight excluding hydrogens is 269 g/mol. The van der Waals surface area contributed by atoms with E-state index in [1.807, 2.05) is 6.92 Å². The van der Waals surface area contributed by atoms with Gasteiger partial charge in [-0.15, -0.1) is 0 Å². The Morgan fingerprint density at radius 2 is 2.16 bits per heavy atom. The topological polar surface area (TPSA) is 58.0 Å². The lowest BCUT2D eigenvalue weighted by Crippen LogP contribution is -2.13. The Balaban J connectivity index is 2.01. The summed E-state index contributed by atoms with van der Waals surface area (Å²) >= 11 is 5.59. The lowest BCUT2D eigenvalue weighted by molar-refractivity contribution is 0.191. The Kier molecular flexibility index (Phi) is 4.29. The largest absolute Gasteiger partial charge is 0.387 e. The number of aliphatic hydroxyl groups is 1. The van der Waals surface area contributed by atoms with E-state index >= 15 is 0 Å². The van der Waals surface area contributed by atoms with Gasteiger partial charge in [0.1, 0.15) is 18.0 Å². The molecule has 1 aromatic heterocycles. The van der Waals surface area contributed by atoms with Crippen molar-refractivity contribution >= 4 is 17.4 Å². The SMILES string of the molecule is Cc1cc(NC[C@H](O)c2ccc(Cl)c(F)c2)ncn1.